The van der Waals surface area contributed by atoms with Gasteiger partial charge in [0, 0.05) is 23.7 Å². The molecule has 21 heavy (non-hydrogen) atoms. The van der Waals surface area contributed by atoms with Crippen LogP contribution < -0.4 is 19.5 Å². The lowest BCUT2D eigenvalue weighted by molar-refractivity contribution is 0.174. The summed E-state index contributed by atoms with van der Waals surface area (Å²) in [4.78, 5) is 0. The molecule has 2 rings (SSSR count). The van der Waals surface area contributed by atoms with E-state index in [1.54, 1.807) is 0 Å². The molecular weight excluding hydrogens is 266 g/mol. The SMILES string of the molecule is CC(C)=CCOc1cc2c(cc1CNC(C)(C)C)OCO2. The van der Waals surface area contributed by atoms with Gasteiger partial charge in [0.25, 0.3) is 0 Å². The van der Waals surface area contributed by atoms with Crippen molar-refractivity contribution in [2.45, 2.75) is 46.7 Å². The molecule has 1 N–H and O–H groups in total. The maximum Gasteiger partial charge on any atom is 0.231 e. The van der Waals surface area contributed by atoms with Gasteiger partial charge < -0.3 is 19.5 Å². The largest absolute Gasteiger partial charge is 0.489 e. The fourth-order valence-electron chi connectivity index (χ4n) is 1.90. The summed E-state index contributed by atoms with van der Waals surface area (Å²) in [5.74, 6) is 2.38. The Hall–Kier alpha value is -1.68. The van der Waals surface area contributed by atoms with Gasteiger partial charge in [0.15, 0.2) is 11.5 Å². The topological polar surface area (TPSA) is 39.7 Å². The van der Waals surface area contributed by atoms with Crippen LogP contribution in [0.15, 0.2) is 23.8 Å². The molecule has 0 bridgehead atoms. The first-order valence-electron chi connectivity index (χ1n) is 7.29. The van der Waals surface area contributed by atoms with Crippen LogP contribution in [0.1, 0.15) is 40.2 Å². The van der Waals surface area contributed by atoms with E-state index >= 15 is 0 Å². The van der Waals surface area contributed by atoms with Crippen LogP contribution in [0, 0.1) is 0 Å². The van der Waals surface area contributed by atoms with Crippen LogP contribution in [0.5, 0.6) is 17.2 Å². The van der Waals surface area contributed by atoms with Crippen molar-refractivity contribution in [1.82, 2.24) is 5.32 Å². The van der Waals surface area contributed by atoms with Crippen molar-refractivity contribution in [1.29, 1.82) is 0 Å². The van der Waals surface area contributed by atoms with E-state index in [0.717, 1.165) is 29.4 Å². The Labute approximate surface area is 127 Å². The molecule has 1 heterocycles. The highest BCUT2D eigenvalue weighted by atomic mass is 16.7. The first-order chi connectivity index (χ1) is 9.85. The van der Waals surface area contributed by atoms with E-state index in [-0.39, 0.29) is 12.3 Å². The highest BCUT2D eigenvalue weighted by molar-refractivity contribution is 5.52. The smallest absolute Gasteiger partial charge is 0.231 e. The van der Waals surface area contributed by atoms with Crippen LogP contribution in [0.4, 0.5) is 0 Å². The van der Waals surface area contributed by atoms with Crippen LogP contribution >= 0.6 is 0 Å². The molecule has 0 amide bonds. The Morgan fingerprint density at radius 3 is 2.52 bits per heavy atom. The number of hydrogen-bond acceptors (Lipinski definition) is 4. The summed E-state index contributed by atoms with van der Waals surface area (Å²) in [7, 11) is 0. The second-order valence-corrected chi connectivity index (χ2v) is 6.51. The lowest BCUT2D eigenvalue weighted by Gasteiger charge is -2.21. The minimum atomic E-state index is 0.0492. The molecule has 0 spiro atoms. The minimum Gasteiger partial charge on any atom is -0.489 e. The summed E-state index contributed by atoms with van der Waals surface area (Å²) >= 11 is 0. The molecule has 1 aliphatic rings. The number of rotatable bonds is 5. The first-order valence-corrected chi connectivity index (χ1v) is 7.29. The maximum absolute atomic E-state index is 5.89. The van der Waals surface area contributed by atoms with Crippen molar-refractivity contribution in [3.8, 4) is 17.2 Å². The van der Waals surface area contributed by atoms with Gasteiger partial charge in [0.2, 0.25) is 6.79 Å². The average molecular weight is 291 g/mol. The van der Waals surface area contributed by atoms with Crippen molar-refractivity contribution in [3.05, 3.63) is 29.3 Å². The molecule has 0 atom stereocenters. The summed E-state index contributed by atoms with van der Waals surface area (Å²) in [6, 6.07) is 3.92. The fourth-order valence-corrected chi connectivity index (χ4v) is 1.90. The van der Waals surface area contributed by atoms with Crippen molar-refractivity contribution < 1.29 is 14.2 Å². The Morgan fingerprint density at radius 2 is 1.90 bits per heavy atom. The normalized spacial score (nSPS) is 13.2. The van der Waals surface area contributed by atoms with Gasteiger partial charge in [-0.15, -0.1) is 0 Å². The molecule has 0 fully saturated rings. The Balaban J connectivity index is 2.17. The zero-order chi connectivity index (χ0) is 15.5. The van der Waals surface area contributed by atoms with E-state index in [9.17, 15) is 0 Å². The molecule has 0 aliphatic carbocycles. The molecule has 0 unspecified atom stereocenters. The minimum absolute atomic E-state index is 0.0492. The number of nitrogens with one attached hydrogen (secondary N) is 1. The lowest BCUT2D eigenvalue weighted by atomic mass is 10.1. The molecule has 4 nitrogen and oxygen atoms in total. The lowest BCUT2D eigenvalue weighted by Crippen LogP contribution is -2.35. The zero-order valence-corrected chi connectivity index (χ0v) is 13.6. The van der Waals surface area contributed by atoms with E-state index in [1.807, 2.05) is 12.1 Å². The van der Waals surface area contributed by atoms with E-state index in [0.29, 0.717) is 6.61 Å². The molecule has 4 heteroatoms. The molecule has 0 radical (unpaired) electrons. The summed E-state index contributed by atoms with van der Waals surface area (Å²) in [5.41, 5.74) is 2.37. The predicted octanol–water partition coefficient (Wildman–Crippen LogP) is 3.65. The quantitative estimate of drug-likeness (QED) is 0.841. The highest BCUT2D eigenvalue weighted by Gasteiger charge is 2.19. The molecule has 1 aliphatic heterocycles. The van der Waals surface area contributed by atoms with Crippen LogP contribution in [0.2, 0.25) is 0 Å². The van der Waals surface area contributed by atoms with Crippen molar-refractivity contribution >= 4 is 0 Å². The van der Waals surface area contributed by atoms with E-state index in [2.05, 4.69) is 46.0 Å². The second kappa shape index (κ2) is 6.39. The molecule has 1 aromatic carbocycles. The van der Waals surface area contributed by atoms with Gasteiger partial charge in [-0.3, -0.25) is 0 Å². The second-order valence-electron chi connectivity index (χ2n) is 6.51. The predicted molar refractivity (Wildman–Crippen MR) is 84.1 cm³/mol. The Morgan fingerprint density at radius 1 is 1.24 bits per heavy atom. The molecule has 1 aromatic rings. The summed E-state index contributed by atoms with van der Waals surface area (Å²) < 4.78 is 16.8. The van der Waals surface area contributed by atoms with Crippen molar-refractivity contribution in [3.63, 3.8) is 0 Å². The van der Waals surface area contributed by atoms with E-state index in [4.69, 9.17) is 14.2 Å². The van der Waals surface area contributed by atoms with E-state index < -0.39 is 0 Å². The van der Waals surface area contributed by atoms with Gasteiger partial charge in [0.05, 0.1) is 0 Å². The zero-order valence-electron chi connectivity index (χ0n) is 13.6. The number of hydrogen-bond donors (Lipinski definition) is 1. The molecule has 116 valence electrons. The number of fused-ring (bicyclic) bond motifs is 1. The first kappa shape index (κ1) is 15.7. The third-order valence-electron chi connectivity index (χ3n) is 3.10. The van der Waals surface area contributed by atoms with Crippen LogP contribution in [0.3, 0.4) is 0 Å². The number of benzene rings is 1. The molecule has 0 saturated carbocycles. The number of allylic oxidation sites excluding steroid dienone is 1. The molecular formula is C17H25NO3. The highest BCUT2D eigenvalue weighted by Crippen LogP contribution is 2.38. The van der Waals surface area contributed by atoms with Gasteiger partial charge in [0.1, 0.15) is 12.4 Å². The summed E-state index contributed by atoms with van der Waals surface area (Å²) in [6.07, 6.45) is 2.06. The van der Waals surface area contributed by atoms with Crippen LogP contribution in [-0.4, -0.2) is 18.9 Å². The average Bonchev–Trinajstić information content (AvgIpc) is 2.81. The standard InChI is InChI=1S/C17H25NO3/c1-12(2)6-7-19-14-9-16-15(20-11-21-16)8-13(14)10-18-17(3,4)5/h6,8-9,18H,7,10-11H2,1-5H3. The van der Waals surface area contributed by atoms with Gasteiger partial charge in [-0.2, -0.15) is 0 Å². The summed E-state index contributed by atoms with van der Waals surface area (Å²) in [6.45, 7) is 12.1. The molecule has 0 aromatic heterocycles. The van der Waals surface area contributed by atoms with Gasteiger partial charge in [-0.05, 0) is 46.8 Å². The fraction of sp³-hybridized carbons (Fsp3) is 0.529. The number of ether oxygens (including phenoxy) is 3. The van der Waals surface area contributed by atoms with Gasteiger partial charge in [-0.1, -0.05) is 5.57 Å². The monoisotopic (exact) mass is 291 g/mol. The molecule has 0 saturated heterocycles. The Kier molecular flexibility index (Phi) is 4.78. The van der Waals surface area contributed by atoms with Crippen molar-refractivity contribution in [2.24, 2.45) is 0 Å². The Bertz CT molecular complexity index is 526. The third-order valence-corrected chi connectivity index (χ3v) is 3.10. The third kappa shape index (κ3) is 4.67. The van der Waals surface area contributed by atoms with Crippen molar-refractivity contribution in [2.75, 3.05) is 13.4 Å². The maximum atomic E-state index is 5.89. The van der Waals surface area contributed by atoms with E-state index in [1.165, 1.54) is 5.57 Å². The van der Waals surface area contributed by atoms with Gasteiger partial charge >= 0.3 is 0 Å². The summed E-state index contributed by atoms with van der Waals surface area (Å²) in [5, 5.41) is 3.48. The van der Waals surface area contributed by atoms with Crippen LogP contribution in [-0.2, 0) is 6.54 Å². The van der Waals surface area contributed by atoms with Crippen LogP contribution in [0.25, 0.3) is 0 Å². The van der Waals surface area contributed by atoms with Gasteiger partial charge in [-0.25, -0.2) is 0 Å².